The van der Waals surface area contributed by atoms with E-state index in [1.165, 1.54) is 11.3 Å². The Morgan fingerprint density at radius 2 is 1.82 bits per heavy atom. The maximum absolute atomic E-state index is 13.4. The molecule has 6 nitrogen and oxygen atoms in total. The number of rotatable bonds is 4. The molecule has 1 amide bonds. The number of benzene rings is 2. The summed E-state index contributed by atoms with van der Waals surface area (Å²) < 4.78 is 7.72. The van der Waals surface area contributed by atoms with E-state index in [2.05, 4.69) is 53.8 Å². The quantitative estimate of drug-likeness (QED) is 0.595. The first kappa shape index (κ1) is 21.7. The van der Waals surface area contributed by atoms with Gasteiger partial charge in [-0.2, -0.15) is 0 Å². The van der Waals surface area contributed by atoms with E-state index in [1.807, 2.05) is 35.4 Å². The fourth-order valence-electron chi connectivity index (χ4n) is 5.51. The zero-order chi connectivity index (χ0) is 23.0. The number of hydrogen-bond acceptors (Lipinski definition) is 4. The van der Waals surface area contributed by atoms with Gasteiger partial charge in [-0.1, -0.05) is 44.2 Å². The van der Waals surface area contributed by atoms with Crippen molar-refractivity contribution in [3.63, 3.8) is 0 Å². The van der Waals surface area contributed by atoms with Crippen LogP contribution in [-0.2, 0) is 12.1 Å². The summed E-state index contributed by atoms with van der Waals surface area (Å²) in [5.41, 5.74) is 2.96. The largest absolute Gasteiger partial charge is 0.496 e. The number of methoxy groups -OCH3 is 1. The molecule has 3 heterocycles. The molecule has 5 rings (SSSR count). The minimum atomic E-state index is -0.204. The first-order chi connectivity index (χ1) is 16.0. The molecule has 0 aliphatic carbocycles. The summed E-state index contributed by atoms with van der Waals surface area (Å²) in [5, 5.41) is 0. The fourth-order valence-corrected chi connectivity index (χ4v) is 5.51. The molecule has 0 saturated carbocycles. The maximum Gasteiger partial charge on any atom is 0.257 e. The normalized spacial score (nSPS) is 17.5. The monoisotopic (exact) mass is 444 g/mol. The van der Waals surface area contributed by atoms with E-state index in [4.69, 9.17) is 9.72 Å². The van der Waals surface area contributed by atoms with Crippen LogP contribution in [0, 0.1) is 5.92 Å². The highest BCUT2D eigenvalue weighted by Gasteiger charge is 2.47. The number of carbonyl (C=O) groups is 1. The van der Waals surface area contributed by atoms with Gasteiger partial charge >= 0.3 is 0 Å². The Morgan fingerprint density at radius 3 is 2.58 bits per heavy atom. The number of ether oxygens (including phenoxy) is 1. The highest BCUT2D eigenvalue weighted by atomic mass is 16.5. The van der Waals surface area contributed by atoms with E-state index < -0.39 is 0 Å². The van der Waals surface area contributed by atoms with Gasteiger partial charge in [-0.05, 0) is 42.5 Å². The molecule has 172 valence electrons. The second-order valence-corrected chi connectivity index (χ2v) is 9.55. The lowest BCUT2D eigenvalue weighted by atomic mass is 9.83. The van der Waals surface area contributed by atoms with Crippen LogP contribution in [0.2, 0.25) is 0 Å². The predicted octanol–water partition coefficient (Wildman–Crippen LogP) is 4.48. The molecule has 1 aromatic heterocycles. The number of fused-ring (bicyclic) bond motifs is 4. The third-order valence-corrected chi connectivity index (χ3v) is 7.08. The average Bonchev–Trinajstić information content (AvgIpc) is 3.30. The van der Waals surface area contributed by atoms with Gasteiger partial charge < -0.3 is 14.2 Å². The van der Waals surface area contributed by atoms with Crippen molar-refractivity contribution in [3.05, 3.63) is 77.9 Å². The zero-order valence-electron chi connectivity index (χ0n) is 19.7. The van der Waals surface area contributed by atoms with Gasteiger partial charge in [0, 0.05) is 38.6 Å². The van der Waals surface area contributed by atoms with Crippen molar-refractivity contribution in [3.8, 4) is 11.4 Å². The van der Waals surface area contributed by atoms with Crippen LogP contribution < -0.4 is 4.74 Å². The number of amides is 1. The summed E-state index contributed by atoms with van der Waals surface area (Å²) in [4.78, 5) is 22.9. The summed E-state index contributed by atoms with van der Waals surface area (Å²) in [7, 11) is 1.62. The minimum Gasteiger partial charge on any atom is -0.496 e. The number of carbonyl (C=O) groups excluding carboxylic acids is 1. The van der Waals surface area contributed by atoms with Gasteiger partial charge in [0.1, 0.15) is 11.6 Å². The van der Waals surface area contributed by atoms with Crippen LogP contribution in [0.25, 0.3) is 5.69 Å². The molecule has 2 aromatic carbocycles. The topological polar surface area (TPSA) is 50.6 Å². The fraction of sp³-hybridized carbons (Fsp3) is 0.407. The molecule has 1 fully saturated rings. The van der Waals surface area contributed by atoms with Crippen LogP contribution in [0.3, 0.4) is 0 Å². The second kappa shape index (κ2) is 8.67. The Morgan fingerprint density at radius 1 is 1.09 bits per heavy atom. The van der Waals surface area contributed by atoms with E-state index in [0.717, 1.165) is 31.8 Å². The molecule has 2 aliphatic heterocycles. The van der Waals surface area contributed by atoms with Crippen molar-refractivity contribution >= 4 is 5.91 Å². The van der Waals surface area contributed by atoms with Crippen LogP contribution in [0.5, 0.6) is 5.75 Å². The Hall–Kier alpha value is -3.12. The maximum atomic E-state index is 13.4. The van der Waals surface area contributed by atoms with Gasteiger partial charge in [0.05, 0.1) is 23.9 Å². The Balaban J connectivity index is 1.49. The van der Waals surface area contributed by atoms with Gasteiger partial charge in [0.2, 0.25) is 0 Å². The molecule has 0 radical (unpaired) electrons. The molecule has 2 aliphatic rings. The van der Waals surface area contributed by atoms with Crippen molar-refractivity contribution in [2.24, 2.45) is 5.92 Å². The standard InChI is InChI=1S/C27H32N4O2/c1-20(2)18-30-19-21-8-4-6-10-23(21)31-17-14-28-26(31)27(30)12-15-29(16-13-27)25(32)22-9-5-7-11-24(22)33-3/h4-11,14,17,20H,12-13,15-16,18-19H2,1-3H3. The summed E-state index contributed by atoms with van der Waals surface area (Å²) in [5.74, 6) is 2.30. The first-order valence-corrected chi connectivity index (χ1v) is 11.8. The molecule has 0 bridgehead atoms. The van der Waals surface area contributed by atoms with Crippen molar-refractivity contribution < 1.29 is 9.53 Å². The number of piperidine rings is 1. The van der Waals surface area contributed by atoms with E-state index in [-0.39, 0.29) is 11.4 Å². The molecular formula is C27H32N4O2. The van der Waals surface area contributed by atoms with Crippen LogP contribution in [0.15, 0.2) is 60.9 Å². The van der Waals surface area contributed by atoms with Gasteiger partial charge in [-0.15, -0.1) is 0 Å². The predicted molar refractivity (Wildman–Crippen MR) is 129 cm³/mol. The van der Waals surface area contributed by atoms with Crippen LogP contribution >= 0.6 is 0 Å². The Bertz CT molecular complexity index is 1140. The summed E-state index contributed by atoms with van der Waals surface area (Å²) >= 11 is 0. The third kappa shape index (κ3) is 3.72. The number of aromatic nitrogens is 2. The number of para-hydroxylation sites is 2. The van der Waals surface area contributed by atoms with E-state index in [1.54, 1.807) is 7.11 Å². The SMILES string of the molecule is COc1ccccc1C(=O)N1CCC2(CC1)c1nccn1-c1ccccc1CN2CC(C)C. The summed E-state index contributed by atoms with van der Waals surface area (Å²) in [6, 6.07) is 16.1. The van der Waals surface area contributed by atoms with E-state index in [0.29, 0.717) is 30.3 Å². The summed E-state index contributed by atoms with van der Waals surface area (Å²) in [6.45, 7) is 7.80. The molecule has 0 atom stereocenters. The van der Waals surface area contributed by atoms with Gasteiger partial charge in [0.15, 0.2) is 0 Å². The smallest absolute Gasteiger partial charge is 0.257 e. The number of likely N-dealkylation sites (tertiary alicyclic amines) is 1. The highest BCUT2D eigenvalue weighted by Crippen LogP contribution is 2.43. The number of nitrogens with zero attached hydrogens (tertiary/aromatic N) is 4. The molecule has 1 spiro atoms. The zero-order valence-corrected chi connectivity index (χ0v) is 19.7. The molecule has 0 unspecified atom stereocenters. The van der Waals surface area contributed by atoms with E-state index >= 15 is 0 Å². The molecule has 3 aromatic rings. The van der Waals surface area contributed by atoms with Crippen LogP contribution in [0.1, 0.15) is 48.4 Å². The molecule has 1 saturated heterocycles. The van der Waals surface area contributed by atoms with Crippen LogP contribution in [0.4, 0.5) is 0 Å². The molecule has 6 heteroatoms. The van der Waals surface area contributed by atoms with Gasteiger partial charge in [0.25, 0.3) is 5.91 Å². The van der Waals surface area contributed by atoms with Crippen molar-refractivity contribution in [2.45, 2.75) is 38.8 Å². The van der Waals surface area contributed by atoms with Gasteiger partial charge in [-0.3, -0.25) is 9.69 Å². The lowest BCUT2D eigenvalue weighted by Crippen LogP contribution is -2.55. The van der Waals surface area contributed by atoms with Crippen molar-refractivity contribution in [1.82, 2.24) is 19.4 Å². The summed E-state index contributed by atoms with van der Waals surface area (Å²) in [6.07, 6.45) is 5.71. The van der Waals surface area contributed by atoms with Crippen LogP contribution in [-0.4, -0.2) is 52.0 Å². The lowest BCUT2D eigenvalue weighted by Gasteiger charge is -2.48. The Labute approximate surface area is 195 Å². The second-order valence-electron chi connectivity index (χ2n) is 9.55. The first-order valence-electron chi connectivity index (χ1n) is 11.8. The molecule has 0 N–H and O–H groups in total. The third-order valence-electron chi connectivity index (χ3n) is 7.08. The van der Waals surface area contributed by atoms with Gasteiger partial charge in [-0.25, -0.2) is 4.98 Å². The van der Waals surface area contributed by atoms with Crippen molar-refractivity contribution in [2.75, 3.05) is 26.7 Å². The highest BCUT2D eigenvalue weighted by molar-refractivity contribution is 5.97. The number of hydrogen-bond donors (Lipinski definition) is 0. The molecule has 33 heavy (non-hydrogen) atoms. The molecular weight excluding hydrogens is 412 g/mol. The van der Waals surface area contributed by atoms with Crippen molar-refractivity contribution in [1.29, 1.82) is 0 Å². The van der Waals surface area contributed by atoms with E-state index in [9.17, 15) is 4.79 Å². The lowest BCUT2D eigenvalue weighted by molar-refractivity contribution is 0.000713. The minimum absolute atomic E-state index is 0.0398. The number of imidazole rings is 1. The Kier molecular flexibility index (Phi) is 5.71. The average molecular weight is 445 g/mol.